The first-order valence-corrected chi connectivity index (χ1v) is 14.9. The molecule has 2 unspecified atom stereocenters. The van der Waals surface area contributed by atoms with Gasteiger partial charge in [-0.15, -0.1) is 0 Å². The molecule has 2 fully saturated rings. The maximum Gasteiger partial charge on any atom is 0.303 e. The monoisotopic (exact) mass is 610 g/mol. The first kappa shape index (κ1) is 34.6. The lowest BCUT2D eigenvalue weighted by Gasteiger charge is -2.42. The van der Waals surface area contributed by atoms with Crippen LogP contribution in [-0.4, -0.2) is 73.2 Å². The zero-order chi connectivity index (χ0) is 32.6. The molecule has 0 spiro atoms. The van der Waals surface area contributed by atoms with Gasteiger partial charge in [0.1, 0.15) is 31.0 Å². The minimum atomic E-state index is -0.978. The van der Waals surface area contributed by atoms with Gasteiger partial charge in [-0.1, -0.05) is 51.4 Å². The van der Waals surface area contributed by atoms with Gasteiger partial charge in [-0.25, -0.2) is 0 Å². The summed E-state index contributed by atoms with van der Waals surface area (Å²) in [5.41, 5.74) is 1.43. The fraction of sp³-hybridized carbons (Fsp3) is 0.588. The van der Waals surface area contributed by atoms with Crippen LogP contribution < -0.4 is 0 Å². The number of hydrogen-bond acceptors (Lipinski definition) is 10. The zero-order valence-corrected chi connectivity index (χ0v) is 26.6. The van der Waals surface area contributed by atoms with Crippen LogP contribution in [0.2, 0.25) is 0 Å². The van der Waals surface area contributed by atoms with Crippen molar-refractivity contribution in [2.45, 2.75) is 105 Å². The molecule has 10 atom stereocenters. The molecule has 238 valence electrons. The molecular weight excluding hydrogens is 568 g/mol. The molecule has 1 aromatic carbocycles. The Hall–Kier alpha value is -3.86. The molecule has 0 aliphatic carbocycles. The van der Waals surface area contributed by atoms with Crippen molar-refractivity contribution in [3.05, 3.63) is 35.4 Å². The molecule has 1 aromatic rings. The van der Waals surface area contributed by atoms with E-state index >= 15 is 0 Å². The summed E-state index contributed by atoms with van der Waals surface area (Å²) in [5, 5.41) is 0. The Balaban J connectivity index is 1.80. The van der Waals surface area contributed by atoms with E-state index in [1.54, 1.807) is 6.92 Å². The molecule has 2 saturated heterocycles. The fourth-order valence-corrected chi connectivity index (χ4v) is 5.47. The van der Waals surface area contributed by atoms with E-state index in [0.29, 0.717) is 5.56 Å². The Labute approximate surface area is 259 Å². The smallest absolute Gasteiger partial charge is 0.303 e. The summed E-state index contributed by atoms with van der Waals surface area (Å²) in [6.45, 7) is 13.0. The Morgan fingerprint density at radius 2 is 1.11 bits per heavy atom. The predicted molar refractivity (Wildman–Crippen MR) is 159 cm³/mol. The van der Waals surface area contributed by atoms with Gasteiger partial charge >= 0.3 is 23.9 Å². The summed E-state index contributed by atoms with van der Waals surface area (Å²) in [6.07, 6.45) is -3.59. The van der Waals surface area contributed by atoms with Crippen LogP contribution in [0.25, 0.3) is 0 Å². The normalized spacial score (nSPS) is 31.2. The summed E-state index contributed by atoms with van der Waals surface area (Å²) in [5.74, 6) is 10.3. The molecule has 0 aromatic heterocycles. The van der Waals surface area contributed by atoms with Crippen molar-refractivity contribution in [1.29, 1.82) is 0 Å². The molecule has 0 N–H and O–H groups in total. The van der Waals surface area contributed by atoms with Crippen LogP contribution in [0.5, 0.6) is 0 Å². The third-order valence-electron chi connectivity index (χ3n) is 7.92. The molecule has 2 aliphatic heterocycles. The summed E-state index contributed by atoms with van der Waals surface area (Å²) in [4.78, 5) is 46.9. The SMILES string of the molecule is CC[C@H]1OC(C#Cc2ccc(C#CC3O[C@H](COC(C)=O)[C@@H](OC(C)=O)[C@H](OC(C)=O)[C@@H]3C)cc2)[C@@H](OC(C)=O)[C@@H](C)[C@@H]1C. The van der Waals surface area contributed by atoms with Crippen molar-refractivity contribution in [2.75, 3.05) is 6.61 Å². The molecule has 0 amide bonds. The van der Waals surface area contributed by atoms with Crippen LogP contribution in [-0.2, 0) is 47.6 Å². The fourth-order valence-electron chi connectivity index (χ4n) is 5.47. The Bertz CT molecular complexity index is 1310. The highest BCUT2D eigenvalue weighted by Gasteiger charge is 2.48. The number of carbonyl (C=O) groups excluding carboxylic acids is 4. The number of rotatable bonds is 6. The van der Waals surface area contributed by atoms with E-state index in [1.807, 2.05) is 24.3 Å². The van der Waals surface area contributed by atoms with Gasteiger partial charge in [0.2, 0.25) is 0 Å². The van der Waals surface area contributed by atoms with Gasteiger partial charge < -0.3 is 28.4 Å². The highest BCUT2D eigenvalue weighted by atomic mass is 16.6. The quantitative estimate of drug-likeness (QED) is 0.268. The van der Waals surface area contributed by atoms with Crippen molar-refractivity contribution in [1.82, 2.24) is 0 Å². The summed E-state index contributed by atoms with van der Waals surface area (Å²) >= 11 is 0. The van der Waals surface area contributed by atoms with Gasteiger partial charge in [-0.3, -0.25) is 19.2 Å². The highest BCUT2D eigenvalue weighted by molar-refractivity contribution is 5.68. The van der Waals surface area contributed by atoms with Crippen molar-refractivity contribution >= 4 is 23.9 Å². The van der Waals surface area contributed by atoms with Crippen LogP contribution >= 0.6 is 0 Å². The molecule has 10 nitrogen and oxygen atoms in total. The minimum absolute atomic E-state index is 0.0246. The van der Waals surface area contributed by atoms with E-state index in [-0.39, 0.29) is 30.5 Å². The molecular formula is C34H42O10. The van der Waals surface area contributed by atoms with Gasteiger partial charge in [-0.2, -0.15) is 0 Å². The van der Waals surface area contributed by atoms with E-state index in [2.05, 4.69) is 44.5 Å². The van der Waals surface area contributed by atoms with Crippen molar-refractivity contribution in [3.63, 3.8) is 0 Å². The molecule has 2 heterocycles. The van der Waals surface area contributed by atoms with E-state index in [4.69, 9.17) is 28.4 Å². The number of benzene rings is 1. The Morgan fingerprint density at radius 1 is 0.636 bits per heavy atom. The number of esters is 4. The van der Waals surface area contributed by atoms with Crippen molar-refractivity contribution < 1.29 is 47.6 Å². The average molecular weight is 611 g/mol. The maximum absolute atomic E-state index is 11.9. The lowest BCUT2D eigenvalue weighted by Crippen LogP contribution is -2.57. The average Bonchev–Trinajstić information content (AvgIpc) is 2.96. The Morgan fingerprint density at radius 3 is 1.61 bits per heavy atom. The molecule has 0 saturated carbocycles. The third kappa shape index (κ3) is 9.32. The zero-order valence-electron chi connectivity index (χ0n) is 26.6. The van der Waals surface area contributed by atoms with Crippen LogP contribution in [0.1, 0.15) is 72.9 Å². The van der Waals surface area contributed by atoms with Gasteiger partial charge in [0.25, 0.3) is 0 Å². The molecule has 0 bridgehead atoms. The Kier molecular flexibility index (Phi) is 12.4. The molecule has 44 heavy (non-hydrogen) atoms. The summed E-state index contributed by atoms with van der Waals surface area (Å²) in [7, 11) is 0. The first-order chi connectivity index (χ1) is 20.8. The maximum atomic E-state index is 11.9. The van der Waals surface area contributed by atoms with E-state index in [0.717, 1.165) is 12.0 Å². The van der Waals surface area contributed by atoms with Gasteiger partial charge in [0.15, 0.2) is 12.2 Å². The molecule has 2 aliphatic rings. The molecule has 0 radical (unpaired) electrons. The standard InChI is InChI=1S/C34H42O10/c1-9-28-19(2)20(3)32(40-23(6)36)30(43-28)17-15-27-12-10-26(11-13-27)14-16-29-21(4)33(41-24(7)37)34(42-25(8)38)31(44-29)18-39-22(5)35/h10-13,19-21,28-34H,9,18H2,1-8H3/t19-,20-,21+,28+,29?,30?,31+,32-,33+,34+/m0/s1. The number of hydrogen-bond donors (Lipinski definition) is 0. The van der Waals surface area contributed by atoms with Crippen LogP contribution in [0.15, 0.2) is 24.3 Å². The highest BCUT2D eigenvalue weighted by Crippen LogP contribution is 2.34. The van der Waals surface area contributed by atoms with Crippen molar-refractivity contribution in [3.8, 4) is 23.7 Å². The van der Waals surface area contributed by atoms with Gasteiger partial charge in [0.05, 0.1) is 6.10 Å². The van der Waals surface area contributed by atoms with Gasteiger partial charge in [0, 0.05) is 50.7 Å². The van der Waals surface area contributed by atoms with Crippen molar-refractivity contribution in [2.24, 2.45) is 17.8 Å². The number of carbonyl (C=O) groups is 4. The summed E-state index contributed by atoms with van der Waals surface area (Å²) in [6, 6.07) is 7.29. The second-order valence-electron chi connectivity index (χ2n) is 11.3. The van der Waals surface area contributed by atoms with E-state index in [9.17, 15) is 19.2 Å². The second kappa shape index (κ2) is 15.7. The minimum Gasteiger partial charge on any atom is -0.463 e. The van der Waals surface area contributed by atoms with Crippen LogP contribution in [0.3, 0.4) is 0 Å². The predicted octanol–water partition coefficient (Wildman–Crippen LogP) is 3.60. The largest absolute Gasteiger partial charge is 0.463 e. The lowest BCUT2D eigenvalue weighted by atomic mass is 9.80. The second-order valence-corrected chi connectivity index (χ2v) is 11.3. The van der Waals surface area contributed by atoms with Crippen LogP contribution in [0, 0.1) is 41.4 Å². The molecule has 3 rings (SSSR count). The van der Waals surface area contributed by atoms with E-state index < -0.39 is 60.4 Å². The third-order valence-corrected chi connectivity index (χ3v) is 7.92. The summed E-state index contributed by atoms with van der Waals surface area (Å²) < 4.78 is 34.0. The van der Waals surface area contributed by atoms with E-state index in [1.165, 1.54) is 27.7 Å². The topological polar surface area (TPSA) is 124 Å². The van der Waals surface area contributed by atoms with Gasteiger partial charge in [-0.05, 0) is 36.6 Å². The van der Waals surface area contributed by atoms with Crippen LogP contribution in [0.4, 0.5) is 0 Å². The lowest BCUT2D eigenvalue weighted by molar-refractivity contribution is -0.222. The number of ether oxygens (including phenoxy) is 6. The first-order valence-electron chi connectivity index (χ1n) is 14.9. The molecule has 10 heteroatoms.